The van der Waals surface area contributed by atoms with Crippen LogP contribution in [0.5, 0.6) is 11.5 Å². The third-order valence-corrected chi connectivity index (χ3v) is 13.5. The largest absolute Gasteiger partial charge is 0.508 e. The number of hydrogen-bond donors (Lipinski definition) is 2. The van der Waals surface area contributed by atoms with Gasteiger partial charge in [-0.3, -0.25) is 0 Å². The van der Waals surface area contributed by atoms with Crippen molar-refractivity contribution in [3.8, 4) is 11.5 Å². The topological polar surface area (TPSA) is 49.7 Å². The molecule has 2 unspecified atom stereocenters. The number of aromatic hydroxyl groups is 1. The minimum atomic E-state index is -0.594. The van der Waals surface area contributed by atoms with E-state index in [1.165, 1.54) is 250 Å². The van der Waals surface area contributed by atoms with Crippen LogP contribution in [0.1, 0.15) is 296 Å². The van der Waals surface area contributed by atoms with Crippen molar-refractivity contribution in [2.45, 2.75) is 309 Å². The lowest BCUT2D eigenvalue weighted by Crippen LogP contribution is -2.30. The SMILES string of the molecule is C=C/C=C\C(Oc1cc(O)cc(CCCCCCCCCCCCCCCCCCC/C=C\CCCCCCCC)c1)C(O)CCCCCCCCCCC/C=C/CCCCCCCC. The first-order chi connectivity index (χ1) is 32.1. The Labute approximate surface area is 406 Å². The van der Waals surface area contributed by atoms with Crippen molar-refractivity contribution < 1.29 is 14.9 Å². The van der Waals surface area contributed by atoms with Gasteiger partial charge in [0.05, 0.1) is 6.10 Å². The van der Waals surface area contributed by atoms with E-state index in [0.717, 1.165) is 31.2 Å². The summed E-state index contributed by atoms with van der Waals surface area (Å²) in [6.07, 6.45) is 72.3. The molecule has 2 atom stereocenters. The molecule has 0 radical (unpaired) electrons. The van der Waals surface area contributed by atoms with Crippen LogP contribution in [0, 0.1) is 0 Å². The maximum Gasteiger partial charge on any atom is 0.143 e. The summed E-state index contributed by atoms with van der Waals surface area (Å²) in [6, 6.07) is 5.60. The molecule has 0 aliphatic rings. The monoisotopic (exact) mass is 903 g/mol. The number of aryl methyl sites for hydroxylation is 1. The second kappa shape index (κ2) is 49.6. The summed E-state index contributed by atoms with van der Waals surface area (Å²) in [6.45, 7) is 8.40. The zero-order valence-corrected chi connectivity index (χ0v) is 43.6. The Morgan fingerprint density at radius 1 is 0.446 bits per heavy atom. The van der Waals surface area contributed by atoms with Crippen LogP contribution in [0.15, 0.2) is 67.3 Å². The minimum Gasteiger partial charge on any atom is -0.508 e. The van der Waals surface area contributed by atoms with Crippen molar-refractivity contribution in [3.05, 3.63) is 72.9 Å². The molecule has 65 heavy (non-hydrogen) atoms. The third kappa shape index (κ3) is 42.8. The molecule has 2 N–H and O–H groups in total. The molecule has 0 saturated carbocycles. The summed E-state index contributed by atoms with van der Waals surface area (Å²) in [5, 5.41) is 21.6. The number of phenols is 1. The van der Waals surface area contributed by atoms with Gasteiger partial charge in [-0.25, -0.2) is 0 Å². The fourth-order valence-electron chi connectivity index (χ4n) is 9.26. The van der Waals surface area contributed by atoms with Crippen LogP contribution in [0.25, 0.3) is 0 Å². The quantitative estimate of drug-likeness (QED) is 0.0389. The zero-order valence-electron chi connectivity index (χ0n) is 43.6. The smallest absolute Gasteiger partial charge is 0.143 e. The molecule has 1 aromatic rings. The van der Waals surface area contributed by atoms with E-state index in [1.807, 2.05) is 24.3 Å². The summed E-state index contributed by atoms with van der Waals surface area (Å²) < 4.78 is 6.30. The second-order valence-electron chi connectivity index (χ2n) is 20.0. The Balaban J connectivity index is 2.04. The van der Waals surface area contributed by atoms with E-state index in [1.54, 1.807) is 12.1 Å². The zero-order chi connectivity index (χ0) is 46.8. The molecule has 0 heterocycles. The molecule has 0 fully saturated rings. The molecule has 3 nitrogen and oxygen atoms in total. The number of ether oxygens (including phenoxy) is 1. The predicted octanol–water partition coefficient (Wildman–Crippen LogP) is 20.7. The van der Waals surface area contributed by atoms with Gasteiger partial charge in [0.25, 0.3) is 0 Å². The van der Waals surface area contributed by atoms with Gasteiger partial charge in [0.1, 0.15) is 17.6 Å². The van der Waals surface area contributed by atoms with Gasteiger partial charge < -0.3 is 14.9 Å². The van der Waals surface area contributed by atoms with Gasteiger partial charge in [-0.15, -0.1) is 0 Å². The number of allylic oxidation sites excluding steroid dienone is 6. The van der Waals surface area contributed by atoms with E-state index in [9.17, 15) is 10.2 Å². The standard InChI is InChI=1S/C62H110O3/c1-4-7-10-12-14-16-18-20-22-24-26-27-28-29-30-31-32-33-35-36-38-40-42-44-46-48-50-52-58-55-59(63)57-60(56-58)65-62(54-9-6-3)61(64)53-51-49-47-45-43-41-39-37-34-25-23-21-19-17-15-13-11-8-5-2/h6,9,20-23,54-57,61-64H,3-5,7-8,10-19,24-53H2,1-2H3/b22-20-,23-21+,54-9-. The lowest BCUT2D eigenvalue weighted by Gasteiger charge is -2.22. The molecule has 376 valence electrons. The normalized spacial score (nSPS) is 12.9. The van der Waals surface area contributed by atoms with Crippen molar-refractivity contribution in [2.75, 3.05) is 0 Å². The van der Waals surface area contributed by atoms with Crippen LogP contribution < -0.4 is 4.74 Å². The van der Waals surface area contributed by atoms with Gasteiger partial charge >= 0.3 is 0 Å². The molecule has 0 aliphatic heterocycles. The van der Waals surface area contributed by atoms with Crippen LogP contribution in [0.2, 0.25) is 0 Å². The van der Waals surface area contributed by atoms with Gasteiger partial charge in [0.2, 0.25) is 0 Å². The van der Waals surface area contributed by atoms with Crippen LogP contribution in [0.3, 0.4) is 0 Å². The van der Waals surface area contributed by atoms with Crippen LogP contribution in [-0.2, 0) is 6.42 Å². The number of benzene rings is 1. The van der Waals surface area contributed by atoms with Crippen molar-refractivity contribution in [1.29, 1.82) is 0 Å². The summed E-state index contributed by atoms with van der Waals surface area (Å²) >= 11 is 0. The Bertz CT molecular complexity index is 1210. The highest BCUT2D eigenvalue weighted by Gasteiger charge is 2.19. The highest BCUT2D eigenvalue weighted by Crippen LogP contribution is 2.26. The lowest BCUT2D eigenvalue weighted by molar-refractivity contribution is 0.0557. The second-order valence-corrected chi connectivity index (χ2v) is 20.0. The van der Waals surface area contributed by atoms with Crippen LogP contribution in [0.4, 0.5) is 0 Å². The maximum absolute atomic E-state index is 11.1. The molecular formula is C62H110O3. The van der Waals surface area contributed by atoms with Gasteiger partial charge in [-0.1, -0.05) is 269 Å². The molecule has 0 amide bonds. The minimum absolute atomic E-state index is 0.233. The highest BCUT2D eigenvalue weighted by molar-refractivity contribution is 5.38. The number of unbranched alkanes of at least 4 members (excludes halogenated alkanes) is 38. The van der Waals surface area contributed by atoms with E-state index in [2.05, 4.69) is 44.7 Å². The first-order valence-electron chi connectivity index (χ1n) is 28.9. The molecule has 3 heteroatoms. The Hall–Kier alpha value is -2.26. The van der Waals surface area contributed by atoms with E-state index < -0.39 is 12.2 Å². The van der Waals surface area contributed by atoms with Gasteiger partial charge in [0.15, 0.2) is 0 Å². The van der Waals surface area contributed by atoms with Crippen LogP contribution in [-0.4, -0.2) is 22.4 Å². The average Bonchev–Trinajstić information content (AvgIpc) is 3.30. The molecule has 1 aromatic carbocycles. The highest BCUT2D eigenvalue weighted by atomic mass is 16.5. The van der Waals surface area contributed by atoms with E-state index in [0.29, 0.717) is 12.2 Å². The molecular weight excluding hydrogens is 793 g/mol. The predicted molar refractivity (Wildman–Crippen MR) is 290 cm³/mol. The number of rotatable bonds is 51. The van der Waals surface area contributed by atoms with Crippen molar-refractivity contribution >= 4 is 0 Å². The number of phenolic OH excluding ortho intramolecular Hbond substituents is 1. The Kier molecular flexibility index (Phi) is 46.4. The van der Waals surface area contributed by atoms with Crippen LogP contribution >= 0.6 is 0 Å². The Morgan fingerprint density at radius 3 is 1.15 bits per heavy atom. The first kappa shape index (κ1) is 60.8. The fourth-order valence-corrected chi connectivity index (χ4v) is 9.26. The van der Waals surface area contributed by atoms with Crippen molar-refractivity contribution in [3.63, 3.8) is 0 Å². The van der Waals surface area contributed by atoms with E-state index in [-0.39, 0.29) is 5.75 Å². The Morgan fingerprint density at radius 2 is 0.785 bits per heavy atom. The number of aliphatic hydroxyl groups excluding tert-OH is 1. The van der Waals surface area contributed by atoms with Crippen molar-refractivity contribution in [2.24, 2.45) is 0 Å². The molecule has 0 aliphatic carbocycles. The average molecular weight is 904 g/mol. The lowest BCUT2D eigenvalue weighted by atomic mass is 10.0. The molecule has 0 aromatic heterocycles. The van der Waals surface area contributed by atoms with E-state index >= 15 is 0 Å². The third-order valence-electron chi connectivity index (χ3n) is 13.5. The molecule has 0 bridgehead atoms. The first-order valence-corrected chi connectivity index (χ1v) is 28.9. The number of hydrogen-bond acceptors (Lipinski definition) is 3. The summed E-state index contributed by atoms with van der Waals surface area (Å²) in [4.78, 5) is 0. The summed E-state index contributed by atoms with van der Waals surface area (Å²) in [5.41, 5.74) is 1.11. The molecule has 0 saturated heterocycles. The number of aliphatic hydroxyl groups is 1. The van der Waals surface area contributed by atoms with Gasteiger partial charge in [-0.2, -0.15) is 0 Å². The van der Waals surface area contributed by atoms with Gasteiger partial charge in [0, 0.05) is 6.07 Å². The summed E-state index contributed by atoms with van der Waals surface area (Å²) in [5.74, 6) is 0.863. The fraction of sp³-hybridized carbons (Fsp3) is 0.774. The van der Waals surface area contributed by atoms with E-state index in [4.69, 9.17) is 4.74 Å². The van der Waals surface area contributed by atoms with Crippen molar-refractivity contribution in [1.82, 2.24) is 0 Å². The van der Waals surface area contributed by atoms with Gasteiger partial charge in [-0.05, 0) is 94.4 Å². The maximum atomic E-state index is 11.1. The molecule has 1 rings (SSSR count). The summed E-state index contributed by atoms with van der Waals surface area (Å²) in [7, 11) is 0. The molecule has 0 spiro atoms.